The number of aromatic amines is 1. The van der Waals surface area contributed by atoms with Crippen LogP contribution in [0.2, 0.25) is 0 Å². The number of H-pyrrole nitrogens is 1. The Labute approximate surface area is 227 Å². The lowest BCUT2D eigenvalue weighted by Gasteiger charge is -2.14. The van der Waals surface area contributed by atoms with E-state index in [-0.39, 0.29) is 5.75 Å². The van der Waals surface area contributed by atoms with Crippen molar-refractivity contribution in [3.8, 4) is 29.4 Å². The zero-order chi connectivity index (χ0) is 28.3. The molecule has 1 aliphatic rings. The van der Waals surface area contributed by atoms with Gasteiger partial charge in [0.15, 0.2) is 17.9 Å². The summed E-state index contributed by atoms with van der Waals surface area (Å²) in [5.41, 5.74) is 3.98. The maximum Gasteiger partial charge on any atom is 0.177 e. The van der Waals surface area contributed by atoms with Crippen LogP contribution in [0.15, 0.2) is 36.7 Å². The number of halogens is 1. The molecule has 3 aromatic rings. The average Bonchev–Trinajstić information content (AvgIpc) is 3.66. The van der Waals surface area contributed by atoms with Gasteiger partial charge < -0.3 is 25.7 Å². The number of benzene rings is 1. The standard InChI is InChI=1S/C22H21FN4O2.C4H9N.2C2H6/c1-4-14-12-25-11-8-15(14)20-21(16(13-28)18(26-20)9-10-24-2)27-19-7-5-6-17(23)22(19)29-3;1-2-4-5-3-1;2*1-2/h1,5-8,11-13,24,26-27H,9-10H2,2-3H3;5H,1-4H2;2*1-2H3. The third kappa shape index (κ3) is 8.72. The van der Waals surface area contributed by atoms with E-state index < -0.39 is 5.82 Å². The molecule has 4 rings (SSSR count). The van der Waals surface area contributed by atoms with Gasteiger partial charge in [-0.25, -0.2) is 4.39 Å². The minimum absolute atomic E-state index is 0.0557. The molecule has 0 atom stereocenters. The number of carbonyl (C=O) groups is 1. The molecular weight excluding hydrogens is 481 g/mol. The normalized spacial score (nSPS) is 11.4. The summed E-state index contributed by atoms with van der Waals surface area (Å²) in [4.78, 5) is 19.4. The Morgan fingerprint density at radius 3 is 2.45 bits per heavy atom. The van der Waals surface area contributed by atoms with Gasteiger partial charge in [-0.1, -0.05) is 39.7 Å². The molecule has 1 fully saturated rings. The lowest BCUT2D eigenvalue weighted by atomic mass is 10.0. The largest absolute Gasteiger partial charge is 0.492 e. The number of carbonyl (C=O) groups excluding carboxylic acids is 1. The van der Waals surface area contributed by atoms with Crippen molar-refractivity contribution in [3.05, 3.63) is 59.3 Å². The van der Waals surface area contributed by atoms with Crippen LogP contribution in [-0.4, -0.2) is 50.0 Å². The molecule has 7 nitrogen and oxygen atoms in total. The lowest BCUT2D eigenvalue weighted by Crippen LogP contribution is -2.11. The lowest BCUT2D eigenvalue weighted by molar-refractivity contribution is 0.112. The van der Waals surface area contributed by atoms with E-state index in [1.54, 1.807) is 30.6 Å². The highest BCUT2D eigenvalue weighted by Crippen LogP contribution is 2.38. The number of hydrogen-bond acceptors (Lipinski definition) is 6. The highest BCUT2D eigenvalue weighted by atomic mass is 19.1. The maximum atomic E-state index is 14.2. The fraction of sp³-hybridized carbons (Fsp3) is 0.400. The molecule has 8 heteroatoms. The van der Waals surface area contributed by atoms with Gasteiger partial charge in [0.25, 0.3) is 0 Å². The van der Waals surface area contributed by atoms with Crippen molar-refractivity contribution in [3.63, 3.8) is 0 Å². The summed E-state index contributed by atoms with van der Waals surface area (Å²) in [5, 5.41) is 9.45. The van der Waals surface area contributed by atoms with Gasteiger partial charge in [0, 0.05) is 36.6 Å². The molecule has 38 heavy (non-hydrogen) atoms. The number of pyridine rings is 1. The summed E-state index contributed by atoms with van der Waals surface area (Å²) in [6.45, 7) is 11.2. The molecule has 0 unspecified atom stereocenters. The van der Waals surface area contributed by atoms with Crippen molar-refractivity contribution in [2.45, 2.75) is 47.0 Å². The molecule has 1 aromatic carbocycles. The van der Waals surface area contributed by atoms with E-state index >= 15 is 0 Å². The number of aromatic nitrogens is 2. The SMILES string of the molecule is C#Cc1cnccc1-c1[nH]c(CCNC)c(C=O)c1Nc1cccc(F)c1OC.C1CCNC1.CC.CC. The van der Waals surface area contributed by atoms with Gasteiger partial charge in [-0.05, 0) is 51.2 Å². The molecule has 0 spiro atoms. The summed E-state index contributed by atoms with van der Waals surface area (Å²) in [6, 6.07) is 6.31. The van der Waals surface area contributed by atoms with Crippen LogP contribution in [0.3, 0.4) is 0 Å². The number of nitrogens with zero attached hydrogens (tertiary/aromatic N) is 1. The highest BCUT2D eigenvalue weighted by Gasteiger charge is 2.21. The number of anilines is 2. The monoisotopic (exact) mass is 523 g/mol. The molecular formula is C30H42FN5O2. The Balaban J connectivity index is 0.000000694. The molecule has 4 N–H and O–H groups in total. The summed E-state index contributed by atoms with van der Waals surface area (Å²) in [7, 11) is 3.22. The first-order valence-electron chi connectivity index (χ1n) is 13.2. The molecule has 1 aliphatic heterocycles. The Hall–Kier alpha value is -3.67. The summed E-state index contributed by atoms with van der Waals surface area (Å²) < 4.78 is 19.4. The minimum Gasteiger partial charge on any atom is -0.492 e. The molecule has 0 saturated carbocycles. The van der Waals surface area contributed by atoms with E-state index in [0.29, 0.717) is 46.7 Å². The van der Waals surface area contributed by atoms with Gasteiger partial charge in [-0.3, -0.25) is 9.78 Å². The second kappa shape index (κ2) is 18.6. The molecule has 1 saturated heterocycles. The highest BCUT2D eigenvalue weighted by molar-refractivity contribution is 5.96. The minimum atomic E-state index is -0.508. The van der Waals surface area contributed by atoms with E-state index in [0.717, 1.165) is 12.0 Å². The molecule has 0 radical (unpaired) electrons. The maximum absolute atomic E-state index is 14.2. The number of para-hydroxylation sites is 1. The average molecular weight is 524 g/mol. The molecule has 0 aliphatic carbocycles. The fourth-order valence-corrected chi connectivity index (χ4v) is 3.78. The summed E-state index contributed by atoms with van der Waals surface area (Å²) >= 11 is 0. The number of aldehydes is 1. The molecule has 0 bridgehead atoms. The van der Waals surface area contributed by atoms with Crippen molar-refractivity contribution in [1.29, 1.82) is 0 Å². The zero-order valence-electron chi connectivity index (χ0n) is 23.5. The molecule has 0 amide bonds. The Morgan fingerprint density at radius 1 is 1.18 bits per heavy atom. The third-order valence-corrected chi connectivity index (χ3v) is 5.50. The second-order valence-electron chi connectivity index (χ2n) is 7.71. The molecule has 2 aromatic heterocycles. The van der Waals surface area contributed by atoms with Crippen molar-refractivity contribution in [1.82, 2.24) is 20.6 Å². The van der Waals surface area contributed by atoms with Gasteiger partial charge in [-0.15, -0.1) is 6.42 Å². The van der Waals surface area contributed by atoms with Crippen LogP contribution in [0.4, 0.5) is 15.8 Å². The predicted molar refractivity (Wildman–Crippen MR) is 156 cm³/mol. The smallest absolute Gasteiger partial charge is 0.177 e. The van der Waals surface area contributed by atoms with Crippen LogP contribution < -0.4 is 20.7 Å². The Kier molecular flexibility index (Phi) is 15.8. The number of rotatable bonds is 8. The Morgan fingerprint density at radius 2 is 1.89 bits per heavy atom. The van der Waals surface area contributed by atoms with Crippen LogP contribution in [0.25, 0.3) is 11.3 Å². The predicted octanol–water partition coefficient (Wildman–Crippen LogP) is 5.95. The number of ether oxygens (including phenoxy) is 1. The number of terminal acetylenes is 1. The molecule has 206 valence electrons. The van der Waals surface area contributed by atoms with Crippen molar-refractivity contribution in [2.24, 2.45) is 0 Å². The number of methoxy groups -OCH3 is 1. The van der Waals surface area contributed by atoms with Crippen LogP contribution >= 0.6 is 0 Å². The quantitative estimate of drug-likeness (QED) is 0.216. The van der Waals surface area contributed by atoms with Gasteiger partial charge in [0.1, 0.15) is 0 Å². The molecule has 3 heterocycles. The van der Waals surface area contributed by atoms with Crippen LogP contribution in [0.1, 0.15) is 62.2 Å². The van der Waals surface area contributed by atoms with Gasteiger partial charge in [-0.2, -0.15) is 0 Å². The fourth-order valence-electron chi connectivity index (χ4n) is 3.78. The number of hydrogen-bond donors (Lipinski definition) is 4. The van der Waals surface area contributed by atoms with Crippen LogP contribution in [-0.2, 0) is 6.42 Å². The summed E-state index contributed by atoms with van der Waals surface area (Å²) in [5.74, 6) is 2.16. The second-order valence-corrected chi connectivity index (χ2v) is 7.71. The van der Waals surface area contributed by atoms with Crippen molar-refractivity contribution >= 4 is 17.7 Å². The van der Waals surface area contributed by atoms with Crippen LogP contribution in [0.5, 0.6) is 5.75 Å². The third-order valence-electron chi connectivity index (χ3n) is 5.50. The summed E-state index contributed by atoms with van der Waals surface area (Å²) in [6.07, 6.45) is 13.0. The van der Waals surface area contributed by atoms with Crippen molar-refractivity contribution < 1.29 is 13.9 Å². The van der Waals surface area contributed by atoms with Crippen LogP contribution in [0, 0.1) is 18.2 Å². The first kappa shape index (κ1) is 32.4. The van der Waals surface area contributed by atoms with E-state index in [4.69, 9.17) is 11.2 Å². The van der Waals surface area contributed by atoms with E-state index in [9.17, 15) is 9.18 Å². The Bertz CT molecular complexity index is 1140. The zero-order valence-corrected chi connectivity index (χ0v) is 23.5. The number of likely N-dealkylation sites (N-methyl/N-ethyl adjacent to an activating group) is 1. The van der Waals surface area contributed by atoms with E-state index in [1.807, 2.05) is 34.7 Å². The van der Waals surface area contributed by atoms with Gasteiger partial charge >= 0.3 is 0 Å². The van der Waals surface area contributed by atoms with Gasteiger partial charge in [0.2, 0.25) is 0 Å². The van der Waals surface area contributed by atoms with E-state index in [2.05, 4.69) is 31.8 Å². The first-order chi connectivity index (χ1) is 18.6. The van der Waals surface area contributed by atoms with E-state index in [1.165, 1.54) is 39.1 Å². The van der Waals surface area contributed by atoms with Gasteiger partial charge in [0.05, 0.1) is 35.3 Å². The number of nitrogens with one attached hydrogen (secondary N) is 4. The van der Waals surface area contributed by atoms with Crippen molar-refractivity contribution in [2.75, 3.05) is 39.1 Å². The topological polar surface area (TPSA) is 91.1 Å². The first-order valence-corrected chi connectivity index (χ1v) is 13.2.